The van der Waals surface area contributed by atoms with E-state index in [9.17, 15) is 4.79 Å². The number of methoxy groups -OCH3 is 2. The van der Waals surface area contributed by atoms with Crippen LogP contribution in [0.3, 0.4) is 0 Å². The summed E-state index contributed by atoms with van der Waals surface area (Å²) in [6.45, 7) is 4.80. The van der Waals surface area contributed by atoms with Gasteiger partial charge in [0.15, 0.2) is 11.5 Å². The molecule has 9 heteroatoms. The van der Waals surface area contributed by atoms with Crippen molar-refractivity contribution >= 4 is 16.8 Å². The third kappa shape index (κ3) is 5.20. The van der Waals surface area contributed by atoms with Gasteiger partial charge in [-0.2, -0.15) is 0 Å². The lowest BCUT2D eigenvalue weighted by Crippen LogP contribution is -2.29. The number of likely N-dealkylation sites (N-methyl/N-ethyl adjacent to an activating group) is 1. The second kappa shape index (κ2) is 11.0. The van der Waals surface area contributed by atoms with Crippen LogP contribution in [-0.4, -0.2) is 58.8 Å². The number of nitrogens with one attached hydrogen (secondary N) is 1. The first-order chi connectivity index (χ1) is 18.9. The van der Waals surface area contributed by atoms with Crippen molar-refractivity contribution in [3.63, 3.8) is 0 Å². The zero-order chi connectivity index (χ0) is 27.5. The van der Waals surface area contributed by atoms with Crippen LogP contribution in [-0.2, 0) is 6.42 Å². The largest absolute Gasteiger partial charge is 0.493 e. The van der Waals surface area contributed by atoms with Gasteiger partial charge in [-0.05, 0) is 60.0 Å². The van der Waals surface area contributed by atoms with Gasteiger partial charge in [0.1, 0.15) is 0 Å². The monoisotopic (exact) mass is 525 g/mol. The maximum absolute atomic E-state index is 12.9. The van der Waals surface area contributed by atoms with Crippen molar-refractivity contribution in [3.8, 4) is 34.2 Å². The van der Waals surface area contributed by atoms with E-state index < -0.39 is 0 Å². The Hall–Kier alpha value is -4.66. The molecule has 2 aromatic carbocycles. The first-order valence-corrected chi connectivity index (χ1v) is 12.8. The van der Waals surface area contributed by atoms with Gasteiger partial charge in [-0.1, -0.05) is 19.9 Å². The number of pyridine rings is 1. The molecule has 0 aliphatic heterocycles. The van der Waals surface area contributed by atoms with Gasteiger partial charge < -0.3 is 23.8 Å². The molecule has 0 aliphatic rings. The number of hydrogen-bond donors (Lipinski definition) is 1. The molecule has 0 atom stereocenters. The molecule has 0 saturated carbocycles. The fourth-order valence-corrected chi connectivity index (χ4v) is 4.68. The molecular formula is C30H31N5O4. The van der Waals surface area contributed by atoms with E-state index in [0.717, 1.165) is 39.0 Å². The van der Waals surface area contributed by atoms with Gasteiger partial charge in [-0.3, -0.25) is 9.78 Å². The van der Waals surface area contributed by atoms with E-state index in [4.69, 9.17) is 13.9 Å². The van der Waals surface area contributed by atoms with Crippen molar-refractivity contribution in [2.75, 3.05) is 27.8 Å². The molecule has 0 bridgehead atoms. The quantitative estimate of drug-likeness (QED) is 0.262. The van der Waals surface area contributed by atoms with Gasteiger partial charge in [0.25, 0.3) is 0 Å². The number of benzene rings is 2. The van der Waals surface area contributed by atoms with Crippen molar-refractivity contribution in [2.45, 2.75) is 26.2 Å². The summed E-state index contributed by atoms with van der Waals surface area (Å²) >= 11 is 0. The molecule has 0 saturated heterocycles. The van der Waals surface area contributed by atoms with Crippen LogP contribution in [0.25, 0.3) is 33.6 Å². The lowest BCUT2D eigenvalue weighted by Gasteiger charge is -2.14. The standard InChI is InChI=1S/C30H31N5O4/c1-18(2)26-22-16-20(9-11-23(22)32-27(26)19-10-12-24(37-4)25(17-19)38-5)28-33-34-29(39-28)30(36)35(3)15-13-21-8-6-7-14-31-21/h6-12,14,16-18,32H,13,15H2,1-5H3. The molecule has 0 unspecified atom stereocenters. The Bertz CT molecular complexity index is 1610. The van der Waals surface area contributed by atoms with E-state index in [-0.39, 0.29) is 17.7 Å². The summed E-state index contributed by atoms with van der Waals surface area (Å²) in [5, 5.41) is 9.26. The number of rotatable bonds is 9. The van der Waals surface area contributed by atoms with E-state index in [1.165, 1.54) is 0 Å². The van der Waals surface area contributed by atoms with Crippen LogP contribution in [0.2, 0.25) is 0 Å². The molecule has 9 nitrogen and oxygen atoms in total. The molecule has 200 valence electrons. The Labute approximate surface area is 226 Å². The summed E-state index contributed by atoms with van der Waals surface area (Å²) in [5.41, 5.74) is 5.80. The van der Waals surface area contributed by atoms with Crippen LogP contribution in [0, 0.1) is 0 Å². The predicted molar refractivity (Wildman–Crippen MR) is 149 cm³/mol. The maximum atomic E-state index is 12.9. The third-order valence-corrected chi connectivity index (χ3v) is 6.72. The highest BCUT2D eigenvalue weighted by molar-refractivity contribution is 5.94. The summed E-state index contributed by atoms with van der Waals surface area (Å²) in [6, 6.07) is 17.5. The van der Waals surface area contributed by atoms with Crippen molar-refractivity contribution < 1.29 is 18.7 Å². The van der Waals surface area contributed by atoms with Gasteiger partial charge in [-0.25, -0.2) is 0 Å². The summed E-state index contributed by atoms with van der Waals surface area (Å²) in [7, 11) is 4.97. The molecular weight excluding hydrogens is 494 g/mol. The molecule has 0 spiro atoms. The highest BCUT2D eigenvalue weighted by Crippen LogP contribution is 2.40. The molecule has 1 N–H and O–H groups in total. The Balaban J connectivity index is 1.43. The Morgan fingerprint density at radius 3 is 2.51 bits per heavy atom. The van der Waals surface area contributed by atoms with Gasteiger partial charge >= 0.3 is 11.8 Å². The zero-order valence-electron chi connectivity index (χ0n) is 22.7. The minimum absolute atomic E-state index is 0.0437. The summed E-state index contributed by atoms with van der Waals surface area (Å²) in [6.07, 6.45) is 2.37. The highest BCUT2D eigenvalue weighted by Gasteiger charge is 2.22. The number of aromatic nitrogens is 4. The van der Waals surface area contributed by atoms with Crippen LogP contribution >= 0.6 is 0 Å². The molecule has 3 aromatic heterocycles. The maximum Gasteiger partial charge on any atom is 0.311 e. The van der Waals surface area contributed by atoms with Crippen LogP contribution in [0.1, 0.15) is 41.7 Å². The van der Waals surface area contributed by atoms with Gasteiger partial charge in [0, 0.05) is 53.9 Å². The second-order valence-electron chi connectivity index (χ2n) is 9.61. The van der Waals surface area contributed by atoms with Gasteiger partial charge in [0.05, 0.1) is 19.9 Å². The predicted octanol–water partition coefficient (Wildman–Crippen LogP) is 5.74. The van der Waals surface area contributed by atoms with Crippen LogP contribution in [0.15, 0.2) is 65.2 Å². The summed E-state index contributed by atoms with van der Waals surface area (Å²) in [4.78, 5) is 22.3. The first kappa shape index (κ1) is 26.0. The fraction of sp³-hybridized carbons (Fsp3) is 0.267. The Morgan fingerprint density at radius 1 is 1.00 bits per heavy atom. The number of carbonyl (C=O) groups is 1. The number of carbonyl (C=O) groups excluding carboxylic acids is 1. The van der Waals surface area contributed by atoms with E-state index in [1.807, 2.05) is 54.6 Å². The van der Waals surface area contributed by atoms with E-state index >= 15 is 0 Å². The van der Waals surface area contributed by atoms with E-state index in [2.05, 4.69) is 34.0 Å². The number of aromatic amines is 1. The van der Waals surface area contributed by atoms with Crippen LogP contribution in [0.4, 0.5) is 0 Å². The van der Waals surface area contributed by atoms with Crippen LogP contribution in [0.5, 0.6) is 11.5 Å². The Kier molecular flexibility index (Phi) is 7.31. The number of hydrogen-bond acceptors (Lipinski definition) is 7. The lowest BCUT2D eigenvalue weighted by atomic mass is 9.95. The van der Waals surface area contributed by atoms with Crippen molar-refractivity contribution in [1.29, 1.82) is 0 Å². The SMILES string of the molecule is COc1ccc(-c2[nH]c3ccc(-c4nnc(C(=O)N(C)CCc5ccccn5)o4)cc3c2C(C)C)cc1OC. The summed E-state index contributed by atoms with van der Waals surface area (Å²) < 4.78 is 16.8. The minimum atomic E-state index is -0.328. The number of fused-ring (bicyclic) bond motifs is 1. The molecule has 0 aliphatic carbocycles. The van der Waals surface area contributed by atoms with E-state index in [0.29, 0.717) is 30.4 Å². The first-order valence-electron chi connectivity index (χ1n) is 12.8. The smallest absolute Gasteiger partial charge is 0.311 e. The average molecular weight is 526 g/mol. The lowest BCUT2D eigenvalue weighted by molar-refractivity contribution is 0.0757. The number of nitrogens with zero attached hydrogens (tertiary/aromatic N) is 4. The average Bonchev–Trinajstić information content (AvgIpc) is 3.61. The fourth-order valence-electron chi connectivity index (χ4n) is 4.68. The van der Waals surface area contributed by atoms with Crippen molar-refractivity contribution in [1.82, 2.24) is 25.1 Å². The van der Waals surface area contributed by atoms with Gasteiger partial charge in [0.2, 0.25) is 5.89 Å². The molecule has 5 rings (SSSR count). The second-order valence-corrected chi connectivity index (χ2v) is 9.61. The highest BCUT2D eigenvalue weighted by atomic mass is 16.5. The molecule has 3 heterocycles. The zero-order valence-corrected chi connectivity index (χ0v) is 22.7. The summed E-state index contributed by atoms with van der Waals surface area (Å²) in [5.74, 6) is 1.49. The molecule has 5 aromatic rings. The minimum Gasteiger partial charge on any atom is -0.493 e. The number of H-pyrrole nitrogens is 1. The molecule has 1 amide bonds. The third-order valence-electron chi connectivity index (χ3n) is 6.72. The number of ether oxygens (including phenoxy) is 2. The van der Waals surface area contributed by atoms with Crippen molar-refractivity contribution in [3.05, 3.63) is 77.9 Å². The normalized spacial score (nSPS) is 11.2. The topological polar surface area (TPSA) is 106 Å². The van der Waals surface area contributed by atoms with E-state index in [1.54, 1.807) is 32.4 Å². The Morgan fingerprint density at radius 2 is 1.79 bits per heavy atom. The van der Waals surface area contributed by atoms with Gasteiger partial charge in [-0.15, -0.1) is 10.2 Å². The molecule has 0 fully saturated rings. The van der Waals surface area contributed by atoms with Crippen LogP contribution < -0.4 is 9.47 Å². The molecule has 0 radical (unpaired) electrons. The number of amides is 1. The molecule has 39 heavy (non-hydrogen) atoms. The van der Waals surface area contributed by atoms with Crippen molar-refractivity contribution in [2.24, 2.45) is 0 Å².